The largest absolute Gasteiger partial charge is 0.451 e. The Hall–Kier alpha value is -0.780. The molecule has 10 heteroatoms. The average molecular weight is 542 g/mol. The highest BCUT2D eigenvalue weighted by Gasteiger charge is 2.14. The van der Waals surface area contributed by atoms with Crippen molar-refractivity contribution in [3.05, 3.63) is 0 Å². The van der Waals surface area contributed by atoms with E-state index in [1.807, 2.05) is 0 Å². The van der Waals surface area contributed by atoms with Crippen molar-refractivity contribution in [1.29, 1.82) is 0 Å². The first-order chi connectivity index (χ1) is 17.3. The van der Waals surface area contributed by atoms with Gasteiger partial charge in [0, 0.05) is 26.6 Å². The molecule has 0 aromatic heterocycles. The minimum atomic E-state index is -4.15. The molecule has 0 atom stereocenters. The molecular formula is C26H55NO8S. The summed E-state index contributed by atoms with van der Waals surface area (Å²) < 4.78 is 30.9. The summed E-state index contributed by atoms with van der Waals surface area (Å²) in [6.07, 6.45) is 20.2. The summed E-state index contributed by atoms with van der Waals surface area (Å²) in [7, 11) is -4.15. The number of rotatable bonds is 25. The molecular weight excluding hydrogens is 486 g/mol. The van der Waals surface area contributed by atoms with Gasteiger partial charge in [-0.1, -0.05) is 103 Å². The molecule has 0 aliphatic heterocycles. The van der Waals surface area contributed by atoms with Gasteiger partial charge < -0.3 is 19.5 Å². The molecule has 0 bridgehead atoms. The van der Waals surface area contributed by atoms with Crippen LogP contribution in [0, 0.1) is 0 Å². The maximum absolute atomic E-state index is 11.1. The Labute approximate surface area is 220 Å². The Bertz CT molecular complexity index is 546. The fourth-order valence-corrected chi connectivity index (χ4v) is 4.40. The maximum atomic E-state index is 11.1. The summed E-state index contributed by atoms with van der Waals surface area (Å²) in [5.41, 5.74) is 0. The first-order valence-electron chi connectivity index (χ1n) is 14.0. The molecule has 0 saturated carbocycles. The molecule has 0 fully saturated rings. The molecule has 36 heavy (non-hydrogen) atoms. The molecule has 0 aliphatic rings. The van der Waals surface area contributed by atoms with Crippen LogP contribution in [-0.4, -0.2) is 80.7 Å². The third-order valence-corrected chi connectivity index (χ3v) is 6.59. The van der Waals surface area contributed by atoms with Crippen LogP contribution < -0.4 is 0 Å². The van der Waals surface area contributed by atoms with Crippen LogP contribution in [0.4, 0.5) is 0 Å². The van der Waals surface area contributed by atoms with Crippen molar-refractivity contribution in [1.82, 2.24) is 4.90 Å². The highest BCUT2D eigenvalue weighted by Crippen LogP contribution is 2.13. The molecule has 0 aromatic carbocycles. The fourth-order valence-electron chi connectivity index (χ4n) is 3.74. The predicted octanol–water partition coefficient (Wildman–Crippen LogP) is 4.34. The second kappa shape index (κ2) is 28.8. The third-order valence-electron chi connectivity index (χ3n) is 5.69. The monoisotopic (exact) mass is 541 g/mol. The van der Waals surface area contributed by atoms with Gasteiger partial charge in [0.25, 0.3) is 0 Å². The molecule has 0 rings (SSSR count). The summed E-state index contributed by atoms with van der Waals surface area (Å²) in [6.45, 7) is 5.13. The van der Waals surface area contributed by atoms with Crippen molar-refractivity contribution in [3.8, 4) is 0 Å². The molecule has 0 amide bonds. The average Bonchev–Trinajstić information content (AvgIpc) is 2.81. The number of hydrogen-bond donors (Lipinski definition) is 3. The number of nitrogens with zero attached hydrogens (tertiary/aromatic N) is 1. The van der Waals surface area contributed by atoms with E-state index < -0.39 is 16.4 Å². The SMILES string of the molecule is CCCCCCCCCCCCCCCCCCOS(=O)(=O)OC(C)=O.OCCN(CCO)CCO. The Balaban J connectivity index is 0. The Morgan fingerprint density at radius 3 is 1.28 bits per heavy atom. The van der Waals surface area contributed by atoms with Gasteiger partial charge in [0.05, 0.1) is 26.4 Å². The van der Waals surface area contributed by atoms with Crippen LogP contribution in [0.3, 0.4) is 0 Å². The Morgan fingerprint density at radius 2 is 0.972 bits per heavy atom. The van der Waals surface area contributed by atoms with Crippen LogP contribution >= 0.6 is 0 Å². The number of hydrogen-bond acceptors (Lipinski definition) is 9. The van der Waals surface area contributed by atoms with Gasteiger partial charge in [0.1, 0.15) is 0 Å². The van der Waals surface area contributed by atoms with E-state index in [9.17, 15) is 13.2 Å². The molecule has 0 unspecified atom stereocenters. The lowest BCUT2D eigenvalue weighted by molar-refractivity contribution is -0.132. The van der Waals surface area contributed by atoms with E-state index in [0.29, 0.717) is 26.1 Å². The quantitative estimate of drug-likeness (QED) is 0.144. The van der Waals surface area contributed by atoms with Crippen molar-refractivity contribution in [3.63, 3.8) is 0 Å². The van der Waals surface area contributed by atoms with E-state index in [1.165, 1.54) is 83.5 Å². The zero-order valence-electron chi connectivity index (χ0n) is 23.0. The third kappa shape index (κ3) is 31.3. The molecule has 9 nitrogen and oxygen atoms in total. The molecule has 0 heterocycles. The first kappa shape index (κ1) is 37.4. The lowest BCUT2D eigenvalue weighted by atomic mass is 10.0. The van der Waals surface area contributed by atoms with E-state index >= 15 is 0 Å². The van der Waals surface area contributed by atoms with E-state index in [-0.39, 0.29) is 26.4 Å². The molecule has 0 saturated heterocycles. The highest BCUT2D eigenvalue weighted by molar-refractivity contribution is 7.82. The zero-order valence-corrected chi connectivity index (χ0v) is 23.8. The molecule has 218 valence electrons. The highest BCUT2D eigenvalue weighted by atomic mass is 32.3. The summed E-state index contributed by atoms with van der Waals surface area (Å²) in [5.74, 6) is -0.878. The lowest BCUT2D eigenvalue weighted by Crippen LogP contribution is -2.32. The maximum Gasteiger partial charge on any atom is 0.451 e. The van der Waals surface area contributed by atoms with Crippen LogP contribution in [0.2, 0.25) is 0 Å². The minimum absolute atomic E-state index is 0.0694. The van der Waals surface area contributed by atoms with Gasteiger partial charge in [-0.05, 0) is 6.42 Å². The summed E-state index contributed by atoms with van der Waals surface area (Å²) in [5, 5.41) is 25.5. The first-order valence-corrected chi connectivity index (χ1v) is 15.3. The van der Waals surface area contributed by atoms with E-state index in [0.717, 1.165) is 19.8 Å². The van der Waals surface area contributed by atoms with Crippen LogP contribution in [0.15, 0.2) is 0 Å². The van der Waals surface area contributed by atoms with Crippen molar-refractivity contribution < 1.29 is 36.9 Å². The van der Waals surface area contributed by atoms with E-state index in [1.54, 1.807) is 4.90 Å². The number of carbonyl (C=O) groups excluding carboxylic acids is 1. The van der Waals surface area contributed by atoms with Gasteiger partial charge in [-0.15, -0.1) is 0 Å². The van der Waals surface area contributed by atoms with Crippen LogP contribution in [-0.2, 0) is 23.6 Å². The molecule has 0 radical (unpaired) electrons. The Kier molecular flexibility index (Phi) is 29.9. The topological polar surface area (TPSA) is 134 Å². The molecule has 0 aliphatic carbocycles. The number of unbranched alkanes of at least 4 members (excludes halogenated alkanes) is 15. The summed E-state index contributed by atoms with van der Waals surface area (Å²) in [4.78, 5) is 12.4. The van der Waals surface area contributed by atoms with Gasteiger partial charge in [-0.3, -0.25) is 9.69 Å². The van der Waals surface area contributed by atoms with Crippen molar-refractivity contribution in [2.45, 2.75) is 117 Å². The van der Waals surface area contributed by atoms with Gasteiger partial charge >= 0.3 is 16.4 Å². The predicted molar refractivity (Wildman–Crippen MR) is 144 cm³/mol. The summed E-state index contributed by atoms with van der Waals surface area (Å²) >= 11 is 0. The Morgan fingerprint density at radius 1 is 0.639 bits per heavy atom. The van der Waals surface area contributed by atoms with Crippen molar-refractivity contribution in [2.24, 2.45) is 0 Å². The van der Waals surface area contributed by atoms with Crippen molar-refractivity contribution >= 4 is 16.4 Å². The number of aliphatic hydroxyl groups is 3. The van der Waals surface area contributed by atoms with Crippen molar-refractivity contribution in [2.75, 3.05) is 46.1 Å². The van der Waals surface area contributed by atoms with Crippen LogP contribution in [0.5, 0.6) is 0 Å². The fraction of sp³-hybridized carbons (Fsp3) is 0.962. The number of carbonyl (C=O) groups is 1. The smallest absolute Gasteiger partial charge is 0.395 e. The van der Waals surface area contributed by atoms with E-state index in [2.05, 4.69) is 15.3 Å². The second-order valence-electron chi connectivity index (χ2n) is 9.12. The summed E-state index contributed by atoms with van der Waals surface area (Å²) in [6, 6.07) is 0. The van der Waals surface area contributed by atoms with E-state index in [4.69, 9.17) is 15.3 Å². The standard InChI is InChI=1S/C20H40O5S.C6H15NO3/c1-3-4-5-6-7-8-9-10-11-12-13-14-15-16-17-18-19-24-26(22,23)25-20(2)21;8-4-1-7(2-5-9)3-6-10/h3-19H2,1-2H3;8-10H,1-6H2. The minimum Gasteiger partial charge on any atom is -0.395 e. The van der Waals surface area contributed by atoms with Crippen LogP contribution in [0.1, 0.15) is 117 Å². The van der Waals surface area contributed by atoms with Gasteiger partial charge in [0.15, 0.2) is 0 Å². The zero-order chi connectivity index (χ0) is 27.3. The molecule has 0 aromatic rings. The molecule has 0 spiro atoms. The lowest BCUT2D eigenvalue weighted by Gasteiger charge is -2.17. The van der Waals surface area contributed by atoms with Gasteiger partial charge in [-0.2, -0.15) is 8.42 Å². The van der Waals surface area contributed by atoms with Gasteiger partial charge in [0.2, 0.25) is 0 Å². The second-order valence-corrected chi connectivity index (χ2v) is 10.3. The normalized spacial score (nSPS) is 11.4. The molecule has 3 N–H and O–H groups in total. The number of aliphatic hydroxyl groups excluding tert-OH is 3. The van der Waals surface area contributed by atoms with Gasteiger partial charge in [-0.25, -0.2) is 4.18 Å². The van der Waals surface area contributed by atoms with Crippen LogP contribution in [0.25, 0.3) is 0 Å².